The summed E-state index contributed by atoms with van der Waals surface area (Å²) in [6, 6.07) is 15.9. The Kier molecular flexibility index (Phi) is 6.24. The van der Waals surface area contributed by atoms with Crippen LogP contribution >= 0.6 is 0 Å². The number of ether oxygens (including phenoxy) is 1. The number of fused-ring (bicyclic) bond motifs is 1. The van der Waals surface area contributed by atoms with E-state index in [4.69, 9.17) is 9.72 Å². The van der Waals surface area contributed by atoms with Crippen LogP contribution in [0.4, 0.5) is 0 Å². The Hall–Kier alpha value is -2.86. The molecule has 2 heterocycles. The van der Waals surface area contributed by atoms with E-state index in [1.165, 1.54) is 5.56 Å². The minimum atomic E-state index is -0.701. The summed E-state index contributed by atoms with van der Waals surface area (Å²) in [5, 5.41) is 10.8. The Bertz CT molecular complexity index is 1080. The van der Waals surface area contributed by atoms with Gasteiger partial charge in [-0.25, -0.2) is 4.98 Å². The first-order valence-electron chi connectivity index (χ1n) is 11.4. The van der Waals surface area contributed by atoms with Crippen LogP contribution in [0.1, 0.15) is 51.4 Å². The highest BCUT2D eigenvalue weighted by Gasteiger charge is 2.39. The van der Waals surface area contributed by atoms with Gasteiger partial charge in [0.25, 0.3) is 0 Å². The third-order valence-electron chi connectivity index (χ3n) is 6.15. The molecule has 0 aliphatic carbocycles. The van der Waals surface area contributed by atoms with E-state index in [1.807, 2.05) is 53.4 Å². The second-order valence-electron chi connectivity index (χ2n) is 9.61. The van der Waals surface area contributed by atoms with Crippen LogP contribution in [0.5, 0.6) is 5.75 Å². The van der Waals surface area contributed by atoms with Crippen LogP contribution in [0.2, 0.25) is 0 Å². The molecule has 0 bridgehead atoms. The van der Waals surface area contributed by atoms with Crippen molar-refractivity contribution in [3.05, 3.63) is 59.9 Å². The highest BCUT2D eigenvalue weighted by molar-refractivity contribution is 5.81. The second-order valence-corrected chi connectivity index (χ2v) is 9.61. The smallest absolute Gasteiger partial charge is 0.223 e. The van der Waals surface area contributed by atoms with Gasteiger partial charge in [0.15, 0.2) is 0 Å². The van der Waals surface area contributed by atoms with E-state index in [2.05, 4.69) is 32.3 Å². The van der Waals surface area contributed by atoms with Crippen LogP contribution in [0.3, 0.4) is 0 Å². The lowest BCUT2D eigenvalue weighted by Gasteiger charge is -2.32. The SMILES string of the molecule is CCc1ccc(OCC(O)Cn2c(C3CC(=O)N(C(C)(C)C)C3)nc3ccccc32)cc1. The number of aromatic nitrogens is 2. The van der Waals surface area contributed by atoms with Crippen LogP contribution in [0.25, 0.3) is 11.0 Å². The van der Waals surface area contributed by atoms with Crippen molar-refractivity contribution in [2.45, 2.75) is 64.6 Å². The molecule has 170 valence electrons. The summed E-state index contributed by atoms with van der Waals surface area (Å²) in [4.78, 5) is 19.5. The molecule has 1 amide bonds. The molecule has 6 heteroatoms. The summed E-state index contributed by atoms with van der Waals surface area (Å²) in [5.41, 5.74) is 2.88. The molecule has 0 saturated carbocycles. The fraction of sp³-hybridized carbons (Fsp3) is 0.462. The number of carbonyl (C=O) groups is 1. The number of para-hydroxylation sites is 2. The standard InChI is InChI=1S/C26H33N3O3/c1-5-18-10-12-21(13-11-18)32-17-20(30)16-28-23-9-7-6-8-22(23)27-25(28)19-14-24(31)29(15-19)26(2,3)4/h6-13,19-20,30H,5,14-17H2,1-4H3. The Morgan fingerprint density at radius 1 is 1.16 bits per heavy atom. The number of imidazole rings is 1. The number of benzene rings is 2. The molecule has 1 fully saturated rings. The second kappa shape index (κ2) is 8.94. The molecule has 1 N–H and O–H groups in total. The van der Waals surface area contributed by atoms with Crippen molar-refractivity contribution in [3.63, 3.8) is 0 Å². The van der Waals surface area contributed by atoms with Crippen LogP contribution < -0.4 is 4.74 Å². The number of aliphatic hydroxyl groups excluding tert-OH is 1. The van der Waals surface area contributed by atoms with Gasteiger partial charge in [-0.15, -0.1) is 0 Å². The first-order valence-corrected chi connectivity index (χ1v) is 11.4. The van der Waals surface area contributed by atoms with Gasteiger partial charge >= 0.3 is 0 Å². The lowest BCUT2D eigenvalue weighted by atomic mass is 10.1. The molecule has 32 heavy (non-hydrogen) atoms. The Labute approximate surface area is 189 Å². The summed E-state index contributed by atoms with van der Waals surface area (Å²) in [6.45, 7) is 9.49. The van der Waals surface area contributed by atoms with Crippen LogP contribution in [-0.4, -0.2) is 50.3 Å². The minimum absolute atomic E-state index is 0.00355. The molecule has 4 rings (SSSR count). The zero-order chi connectivity index (χ0) is 22.9. The summed E-state index contributed by atoms with van der Waals surface area (Å²) in [5.74, 6) is 1.76. The van der Waals surface area contributed by atoms with Crippen molar-refractivity contribution >= 4 is 16.9 Å². The van der Waals surface area contributed by atoms with Gasteiger partial charge < -0.3 is 19.3 Å². The minimum Gasteiger partial charge on any atom is -0.491 e. The number of rotatable bonds is 7. The normalized spacial score (nSPS) is 17.8. The first-order chi connectivity index (χ1) is 15.3. The summed E-state index contributed by atoms with van der Waals surface area (Å²) in [6.07, 6.45) is 0.722. The maximum absolute atomic E-state index is 12.7. The van der Waals surface area contributed by atoms with E-state index < -0.39 is 6.10 Å². The molecule has 1 aliphatic heterocycles. The lowest BCUT2D eigenvalue weighted by Crippen LogP contribution is -2.42. The van der Waals surface area contributed by atoms with Gasteiger partial charge in [-0.3, -0.25) is 4.79 Å². The monoisotopic (exact) mass is 435 g/mol. The maximum Gasteiger partial charge on any atom is 0.223 e. The van der Waals surface area contributed by atoms with Crippen molar-refractivity contribution < 1.29 is 14.6 Å². The highest BCUT2D eigenvalue weighted by Crippen LogP contribution is 2.34. The van der Waals surface area contributed by atoms with Crippen LogP contribution in [0.15, 0.2) is 48.5 Å². The largest absolute Gasteiger partial charge is 0.491 e. The number of nitrogens with zero attached hydrogens (tertiary/aromatic N) is 3. The van der Waals surface area contributed by atoms with Crippen LogP contribution in [-0.2, 0) is 17.8 Å². The van der Waals surface area contributed by atoms with E-state index in [1.54, 1.807) is 0 Å². The summed E-state index contributed by atoms with van der Waals surface area (Å²) >= 11 is 0. The Morgan fingerprint density at radius 2 is 1.88 bits per heavy atom. The third-order valence-corrected chi connectivity index (χ3v) is 6.15. The zero-order valence-corrected chi connectivity index (χ0v) is 19.4. The van der Waals surface area contributed by atoms with E-state index in [9.17, 15) is 9.90 Å². The fourth-order valence-corrected chi connectivity index (χ4v) is 4.40. The predicted molar refractivity (Wildman–Crippen MR) is 126 cm³/mol. The van der Waals surface area contributed by atoms with Gasteiger partial charge in [-0.05, 0) is 57.0 Å². The highest BCUT2D eigenvalue weighted by atomic mass is 16.5. The number of likely N-dealkylation sites (tertiary alicyclic amines) is 1. The molecule has 2 aromatic carbocycles. The molecule has 0 radical (unpaired) electrons. The van der Waals surface area contributed by atoms with Gasteiger partial charge in [0, 0.05) is 24.4 Å². The van der Waals surface area contributed by atoms with E-state index >= 15 is 0 Å². The number of hydrogen-bond donors (Lipinski definition) is 1. The van der Waals surface area contributed by atoms with Gasteiger partial charge in [0.2, 0.25) is 5.91 Å². The molecule has 3 aromatic rings. The molecular formula is C26H33N3O3. The van der Waals surface area contributed by atoms with Crippen molar-refractivity contribution in [2.75, 3.05) is 13.2 Å². The predicted octanol–water partition coefficient (Wildman–Crippen LogP) is 4.15. The molecule has 2 atom stereocenters. The molecular weight excluding hydrogens is 402 g/mol. The number of carbonyl (C=O) groups excluding carboxylic acids is 1. The van der Waals surface area contributed by atoms with Crippen LogP contribution in [0, 0.1) is 0 Å². The summed E-state index contributed by atoms with van der Waals surface area (Å²) in [7, 11) is 0. The zero-order valence-electron chi connectivity index (χ0n) is 19.4. The average molecular weight is 436 g/mol. The number of hydrogen-bond acceptors (Lipinski definition) is 4. The van der Waals surface area contributed by atoms with E-state index in [-0.39, 0.29) is 24.0 Å². The third kappa shape index (κ3) is 4.65. The lowest BCUT2D eigenvalue weighted by molar-refractivity contribution is -0.131. The average Bonchev–Trinajstić information content (AvgIpc) is 3.33. The van der Waals surface area contributed by atoms with Crippen molar-refractivity contribution in [2.24, 2.45) is 0 Å². The van der Waals surface area contributed by atoms with Gasteiger partial charge in [0.05, 0.1) is 17.6 Å². The van der Waals surface area contributed by atoms with E-state index in [0.717, 1.165) is 29.0 Å². The molecule has 1 aromatic heterocycles. The molecule has 1 aliphatic rings. The topological polar surface area (TPSA) is 67.6 Å². The van der Waals surface area contributed by atoms with Crippen molar-refractivity contribution in [1.82, 2.24) is 14.5 Å². The molecule has 6 nitrogen and oxygen atoms in total. The number of amides is 1. The Morgan fingerprint density at radius 3 is 2.53 bits per heavy atom. The Balaban J connectivity index is 1.53. The quantitative estimate of drug-likeness (QED) is 0.605. The van der Waals surface area contributed by atoms with E-state index in [0.29, 0.717) is 19.5 Å². The van der Waals surface area contributed by atoms with Gasteiger partial charge in [-0.2, -0.15) is 0 Å². The van der Waals surface area contributed by atoms with Gasteiger partial charge in [0.1, 0.15) is 24.3 Å². The first kappa shape index (κ1) is 22.3. The summed E-state index contributed by atoms with van der Waals surface area (Å²) < 4.78 is 7.89. The number of aliphatic hydroxyl groups is 1. The fourth-order valence-electron chi connectivity index (χ4n) is 4.40. The molecule has 2 unspecified atom stereocenters. The molecule has 1 saturated heterocycles. The van der Waals surface area contributed by atoms with Crippen molar-refractivity contribution in [3.8, 4) is 5.75 Å². The van der Waals surface area contributed by atoms with Crippen molar-refractivity contribution in [1.29, 1.82) is 0 Å². The van der Waals surface area contributed by atoms with Gasteiger partial charge in [-0.1, -0.05) is 31.2 Å². The number of aryl methyl sites for hydroxylation is 1. The molecule has 0 spiro atoms. The maximum atomic E-state index is 12.7.